The summed E-state index contributed by atoms with van der Waals surface area (Å²) in [5.41, 5.74) is 5.60. The predicted molar refractivity (Wildman–Crippen MR) is 263 cm³/mol. The summed E-state index contributed by atoms with van der Waals surface area (Å²) in [4.78, 5) is 51.0. The third kappa shape index (κ3) is 11.8. The molecule has 2 amide bonds. The number of nitrogens with one attached hydrogen (secondary N) is 3. The number of carbonyl (C=O) groups excluding carboxylic acids is 2. The maximum Gasteiger partial charge on any atom is 0.259 e. The average Bonchev–Trinajstić information content (AvgIpc) is 3.28. The van der Waals surface area contributed by atoms with E-state index in [2.05, 4.69) is 16.0 Å². The molecule has 2 aromatic heterocycles. The van der Waals surface area contributed by atoms with E-state index < -0.39 is 46.2 Å². The molecule has 5 N–H and O–H groups in total. The molecule has 0 bridgehead atoms. The SMILES string of the molecule is COc1ccc(CNC(=O)c2c(Oc3cccc(C)c3F)cc(=O)n(C)c2Nc2ccc(I)cc2F)cc1.Cc1cccc(Oc2cc(=O)n(C)c(Nc3ccc(I)cc3F)c2C(N)=O)c1F. The van der Waals surface area contributed by atoms with Gasteiger partial charge in [0.15, 0.2) is 23.1 Å². The van der Waals surface area contributed by atoms with Gasteiger partial charge in [0.25, 0.3) is 22.9 Å². The molecule has 7 rings (SSSR count). The molecule has 19 heteroatoms. The topological polar surface area (TPSA) is 168 Å². The Kier molecular flexibility index (Phi) is 16.0. The van der Waals surface area contributed by atoms with E-state index in [1.54, 1.807) is 81.6 Å². The summed E-state index contributed by atoms with van der Waals surface area (Å²) in [6, 6.07) is 27.1. The second kappa shape index (κ2) is 21.6. The molecule has 0 unspecified atom stereocenters. The molecule has 0 spiro atoms. The number of hydrogen-bond acceptors (Lipinski definition) is 9. The fourth-order valence-electron chi connectivity index (χ4n) is 6.35. The molecule has 0 radical (unpaired) electrons. The summed E-state index contributed by atoms with van der Waals surface area (Å²) in [5.74, 6) is -4.16. The summed E-state index contributed by atoms with van der Waals surface area (Å²) in [7, 11) is 4.38. The minimum absolute atomic E-state index is 0.0205. The van der Waals surface area contributed by atoms with Gasteiger partial charge in [-0.1, -0.05) is 36.4 Å². The van der Waals surface area contributed by atoms with Crippen LogP contribution in [0.5, 0.6) is 28.7 Å². The van der Waals surface area contributed by atoms with Gasteiger partial charge in [-0.2, -0.15) is 0 Å². The van der Waals surface area contributed by atoms with E-state index in [0.29, 0.717) is 24.0 Å². The standard InChI is InChI=1S/C28H24F2IN3O4.C20H16F2IN3O3/c1-16-5-4-6-22(26(16)30)38-23-14-24(35)34(2)27(33-21-12-9-18(31)13-20(21)29)25(23)28(36)32-15-17-7-10-19(37-3)11-8-17;1-10-4-3-5-14(18(10)22)29-15-9-16(27)26(2)20(17(15)19(24)28)25-13-7-6-11(23)8-12(13)21/h4-14,33H,15H2,1-3H3,(H,32,36);3-9,25H,1-2H3,(H2,24,28). The molecule has 0 saturated heterocycles. The number of carbonyl (C=O) groups is 2. The van der Waals surface area contributed by atoms with Crippen LogP contribution in [0.2, 0.25) is 0 Å². The van der Waals surface area contributed by atoms with Crippen molar-refractivity contribution in [1.29, 1.82) is 0 Å². The lowest BCUT2D eigenvalue weighted by atomic mass is 10.1. The number of ether oxygens (including phenoxy) is 3. The third-order valence-corrected chi connectivity index (χ3v) is 11.4. The van der Waals surface area contributed by atoms with Gasteiger partial charge in [0, 0.05) is 39.9 Å². The average molecular weight is 1140 g/mol. The highest BCUT2D eigenvalue weighted by Gasteiger charge is 2.26. The van der Waals surface area contributed by atoms with E-state index in [1.807, 2.05) is 45.2 Å². The van der Waals surface area contributed by atoms with Crippen molar-refractivity contribution < 1.29 is 41.4 Å². The Morgan fingerprint density at radius 3 is 1.51 bits per heavy atom. The van der Waals surface area contributed by atoms with Crippen molar-refractivity contribution in [1.82, 2.24) is 14.5 Å². The Morgan fingerprint density at radius 1 is 0.627 bits per heavy atom. The van der Waals surface area contributed by atoms with Crippen LogP contribution in [0.1, 0.15) is 37.4 Å². The van der Waals surface area contributed by atoms with Gasteiger partial charge in [-0.3, -0.25) is 28.3 Å². The summed E-state index contributed by atoms with van der Waals surface area (Å²) < 4.78 is 78.2. The molecule has 346 valence electrons. The Morgan fingerprint density at radius 2 is 1.07 bits per heavy atom. The highest BCUT2D eigenvalue weighted by Crippen LogP contribution is 2.35. The Balaban J connectivity index is 0.000000229. The van der Waals surface area contributed by atoms with Crippen molar-refractivity contribution in [3.63, 3.8) is 0 Å². The van der Waals surface area contributed by atoms with Gasteiger partial charge in [-0.15, -0.1) is 0 Å². The number of aryl methyl sites for hydroxylation is 2. The van der Waals surface area contributed by atoms with Crippen LogP contribution in [-0.2, 0) is 20.6 Å². The van der Waals surface area contributed by atoms with Gasteiger partial charge in [0.05, 0.1) is 18.5 Å². The molecule has 2 heterocycles. The quantitative estimate of drug-likeness (QED) is 0.0649. The van der Waals surface area contributed by atoms with Gasteiger partial charge in [0.1, 0.15) is 51.6 Å². The first-order chi connectivity index (χ1) is 31.9. The number of amides is 2. The highest BCUT2D eigenvalue weighted by molar-refractivity contribution is 14.1. The fraction of sp³-hybridized carbons (Fsp3) is 0.125. The van der Waals surface area contributed by atoms with Gasteiger partial charge in [-0.25, -0.2) is 17.6 Å². The van der Waals surface area contributed by atoms with Gasteiger partial charge >= 0.3 is 0 Å². The molecule has 0 aliphatic heterocycles. The monoisotopic (exact) mass is 1140 g/mol. The zero-order valence-corrected chi connectivity index (χ0v) is 40.5. The summed E-state index contributed by atoms with van der Waals surface area (Å²) in [6.07, 6.45) is 0. The summed E-state index contributed by atoms with van der Waals surface area (Å²) >= 11 is 3.93. The molecule has 67 heavy (non-hydrogen) atoms. The van der Waals surface area contributed by atoms with Crippen molar-refractivity contribution >= 4 is 80.0 Å². The number of nitrogens with two attached hydrogens (primary N) is 1. The van der Waals surface area contributed by atoms with Crippen molar-refractivity contribution in [2.75, 3.05) is 17.7 Å². The lowest BCUT2D eigenvalue weighted by Crippen LogP contribution is -2.29. The molecule has 7 aromatic rings. The van der Waals surface area contributed by atoms with E-state index in [-0.39, 0.29) is 63.7 Å². The zero-order chi connectivity index (χ0) is 48.7. The number of hydrogen-bond donors (Lipinski definition) is 4. The second-order valence-corrected chi connectivity index (χ2v) is 17.1. The smallest absolute Gasteiger partial charge is 0.259 e. The lowest BCUT2D eigenvalue weighted by Gasteiger charge is -2.20. The van der Waals surface area contributed by atoms with Crippen LogP contribution in [0.4, 0.5) is 40.6 Å². The van der Waals surface area contributed by atoms with Crippen LogP contribution in [-0.4, -0.2) is 28.1 Å². The third-order valence-electron chi connectivity index (χ3n) is 10.0. The number of methoxy groups -OCH3 is 1. The molecular formula is C48H40F4I2N6O7. The van der Waals surface area contributed by atoms with E-state index in [0.717, 1.165) is 22.3 Å². The first-order valence-electron chi connectivity index (χ1n) is 19.9. The van der Waals surface area contributed by atoms with Crippen LogP contribution >= 0.6 is 45.2 Å². The van der Waals surface area contributed by atoms with Crippen LogP contribution < -0.4 is 47.0 Å². The lowest BCUT2D eigenvalue weighted by molar-refractivity contribution is 0.0947. The number of rotatable bonds is 13. The molecule has 13 nitrogen and oxygen atoms in total. The summed E-state index contributed by atoms with van der Waals surface area (Å²) in [5, 5.41) is 8.38. The number of nitrogens with zero attached hydrogens (tertiary/aromatic N) is 2. The minimum atomic E-state index is -0.933. The number of halogens is 6. The highest BCUT2D eigenvalue weighted by atomic mass is 127. The van der Waals surface area contributed by atoms with E-state index in [1.165, 1.54) is 55.1 Å². The van der Waals surface area contributed by atoms with E-state index >= 15 is 0 Å². The van der Waals surface area contributed by atoms with Crippen molar-refractivity contribution in [3.05, 3.63) is 188 Å². The van der Waals surface area contributed by atoms with Crippen molar-refractivity contribution in [2.45, 2.75) is 20.4 Å². The fourth-order valence-corrected chi connectivity index (χ4v) is 7.26. The molecule has 5 aromatic carbocycles. The van der Waals surface area contributed by atoms with Crippen LogP contribution in [0.25, 0.3) is 0 Å². The zero-order valence-electron chi connectivity index (χ0n) is 36.2. The number of primary amides is 1. The molecule has 0 fully saturated rings. The van der Waals surface area contributed by atoms with E-state index in [4.69, 9.17) is 19.9 Å². The molecule has 0 aliphatic carbocycles. The maximum atomic E-state index is 14.8. The van der Waals surface area contributed by atoms with Gasteiger partial charge < -0.3 is 35.9 Å². The predicted octanol–water partition coefficient (Wildman–Crippen LogP) is 10.3. The van der Waals surface area contributed by atoms with Crippen LogP contribution in [0, 0.1) is 44.3 Å². The van der Waals surface area contributed by atoms with Crippen molar-refractivity contribution in [2.24, 2.45) is 19.8 Å². The van der Waals surface area contributed by atoms with Gasteiger partial charge in [-0.05, 0) is 136 Å². The van der Waals surface area contributed by atoms with Crippen LogP contribution in [0.15, 0.2) is 119 Å². The van der Waals surface area contributed by atoms with Crippen molar-refractivity contribution in [3.8, 4) is 28.7 Å². The minimum Gasteiger partial charge on any atom is -0.497 e. The Hall–Kier alpha value is -6.88. The number of pyridine rings is 2. The molecular weight excluding hydrogens is 1100 g/mol. The number of anilines is 4. The molecule has 0 aliphatic rings. The maximum absolute atomic E-state index is 14.8. The first kappa shape index (κ1) is 49.6. The number of benzene rings is 5. The van der Waals surface area contributed by atoms with Crippen LogP contribution in [0.3, 0.4) is 0 Å². The second-order valence-electron chi connectivity index (χ2n) is 14.6. The first-order valence-corrected chi connectivity index (χ1v) is 22.0. The normalized spacial score (nSPS) is 10.7. The molecule has 0 atom stereocenters. The molecule has 0 saturated carbocycles. The van der Waals surface area contributed by atoms with Gasteiger partial charge in [0.2, 0.25) is 0 Å². The Labute approximate surface area is 408 Å². The summed E-state index contributed by atoms with van der Waals surface area (Å²) in [6.45, 7) is 3.26. The van der Waals surface area contributed by atoms with E-state index in [9.17, 15) is 36.7 Å². The Bertz CT molecular complexity index is 3150. The number of aromatic nitrogens is 2. The largest absolute Gasteiger partial charge is 0.497 e.